The zero-order valence-corrected chi connectivity index (χ0v) is 15.2. The first-order valence-corrected chi connectivity index (χ1v) is 8.60. The Labute approximate surface area is 145 Å². The number of hydrogen-bond acceptors (Lipinski definition) is 2. The molecule has 0 radical (unpaired) electrons. The summed E-state index contributed by atoms with van der Waals surface area (Å²) in [7, 11) is 1.81. The van der Waals surface area contributed by atoms with Gasteiger partial charge in [0.2, 0.25) is 0 Å². The summed E-state index contributed by atoms with van der Waals surface area (Å²) in [6.45, 7) is 9.00. The molecule has 1 aromatic heterocycles. The number of aromatic nitrogens is 2. The molecule has 5 nitrogen and oxygen atoms in total. The second-order valence-corrected chi connectivity index (χ2v) is 6.20. The van der Waals surface area contributed by atoms with E-state index in [1.165, 1.54) is 11.3 Å². The first-order chi connectivity index (χ1) is 11.6. The molecule has 24 heavy (non-hydrogen) atoms. The Kier molecular flexibility index (Phi) is 6.85. The molecular formula is C19H29N5. The van der Waals surface area contributed by atoms with Crippen LogP contribution in [0.2, 0.25) is 0 Å². The summed E-state index contributed by atoms with van der Waals surface area (Å²) in [4.78, 5) is 4.29. The fraction of sp³-hybridized carbons (Fsp3) is 0.474. The Morgan fingerprint density at radius 2 is 1.96 bits per heavy atom. The number of nitrogens with zero attached hydrogens (tertiary/aromatic N) is 3. The number of benzene rings is 1. The zero-order valence-electron chi connectivity index (χ0n) is 15.2. The number of nitrogens with one attached hydrogen (secondary N) is 2. The highest BCUT2D eigenvalue weighted by atomic mass is 15.3. The molecule has 0 bridgehead atoms. The van der Waals surface area contributed by atoms with Gasteiger partial charge in [-0.25, -0.2) is 0 Å². The second kappa shape index (κ2) is 9.11. The topological polar surface area (TPSA) is 54.2 Å². The fourth-order valence-electron chi connectivity index (χ4n) is 2.71. The van der Waals surface area contributed by atoms with E-state index in [-0.39, 0.29) is 0 Å². The molecule has 0 spiro atoms. The molecule has 5 heteroatoms. The van der Waals surface area contributed by atoms with Gasteiger partial charge in [0.15, 0.2) is 5.96 Å². The van der Waals surface area contributed by atoms with Crippen molar-refractivity contribution < 1.29 is 0 Å². The molecule has 1 aromatic carbocycles. The van der Waals surface area contributed by atoms with Crippen molar-refractivity contribution >= 4 is 5.96 Å². The van der Waals surface area contributed by atoms with Crippen LogP contribution in [0.5, 0.6) is 0 Å². The molecular weight excluding hydrogens is 298 g/mol. The lowest BCUT2D eigenvalue weighted by atomic mass is 10.0. The molecule has 0 aliphatic carbocycles. The molecule has 130 valence electrons. The Hall–Kier alpha value is -2.30. The molecule has 2 rings (SSSR count). The summed E-state index contributed by atoms with van der Waals surface area (Å²) in [5.41, 5.74) is 3.63. The summed E-state index contributed by atoms with van der Waals surface area (Å²) in [6, 6.07) is 12.6. The van der Waals surface area contributed by atoms with E-state index in [2.05, 4.69) is 69.6 Å². The minimum Gasteiger partial charge on any atom is -0.356 e. The Balaban J connectivity index is 1.70. The van der Waals surface area contributed by atoms with Crippen LogP contribution in [0.25, 0.3) is 0 Å². The highest BCUT2D eigenvalue weighted by Crippen LogP contribution is 2.12. The molecule has 0 fully saturated rings. The Morgan fingerprint density at radius 1 is 1.21 bits per heavy atom. The molecule has 1 unspecified atom stereocenters. The monoisotopic (exact) mass is 327 g/mol. The smallest absolute Gasteiger partial charge is 0.190 e. The van der Waals surface area contributed by atoms with Gasteiger partial charge in [-0.1, -0.05) is 37.3 Å². The summed E-state index contributed by atoms with van der Waals surface area (Å²) in [5.74, 6) is 1.30. The Bertz CT molecular complexity index is 645. The standard InChI is InChI=1S/C19H29N5/c1-15(18-9-6-5-7-10-18)14-22-19(20-4)21-11-8-12-24-17(3)13-16(2)23-24/h5-7,9-10,13,15H,8,11-12,14H2,1-4H3,(H2,20,21,22). The third-order valence-electron chi connectivity index (χ3n) is 4.11. The van der Waals surface area contributed by atoms with Gasteiger partial charge in [-0.05, 0) is 37.8 Å². The number of guanidine groups is 1. The van der Waals surface area contributed by atoms with Crippen LogP contribution >= 0.6 is 0 Å². The third-order valence-corrected chi connectivity index (χ3v) is 4.11. The van der Waals surface area contributed by atoms with Gasteiger partial charge >= 0.3 is 0 Å². The van der Waals surface area contributed by atoms with Crippen LogP contribution in [-0.2, 0) is 6.54 Å². The van der Waals surface area contributed by atoms with Crippen LogP contribution in [0.15, 0.2) is 41.4 Å². The quantitative estimate of drug-likeness (QED) is 0.467. The average Bonchev–Trinajstić information content (AvgIpc) is 2.92. The van der Waals surface area contributed by atoms with Gasteiger partial charge in [-0.2, -0.15) is 5.10 Å². The van der Waals surface area contributed by atoms with E-state index in [9.17, 15) is 0 Å². The molecule has 0 saturated carbocycles. The van der Waals surface area contributed by atoms with E-state index >= 15 is 0 Å². The van der Waals surface area contributed by atoms with Gasteiger partial charge in [0, 0.05) is 32.4 Å². The maximum atomic E-state index is 4.48. The molecule has 2 aromatic rings. The van der Waals surface area contributed by atoms with E-state index in [1.807, 2.05) is 20.0 Å². The van der Waals surface area contributed by atoms with Crippen LogP contribution in [-0.4, -0.2) is 35.9 Å². The first kappa shape index (κ1) is 18.0. The third kappa shape index (κ3) is 5.41. The minimum atomic E-state index is 0.444. The van der Waals surface area contributed by atoms with Crippen molar-refractivity contribution in [3.8, 4) is 0 Å². The molecule has 0 saturated heterocycles. The van der Waals surface area contributed by atoms with Crippen LogP contribution in [0.3, 0.4) is 0 Å². The van der Waals surface area contributed by atoms with Crippen LogP contribution < -0.4 is 10.6 Å². The highest BCUT2D eigenvalue weighted by molar-refractivity contribution is 5.79. The lowest BCUT2D eigenvalue weighted by Gasteiger charge is -2.16. The molecule has 1 heterocycles. The van der Waals surface area contributed by atoms with E-state index in [1.54, 1.807) is 0 Å². The number of rotatable bonds is 7. The molecule has 1 atom stereocenters. The van der Waals surface area contributed by atoms with Gasteiger partial charge in [0.1, 0.15) is 0 Å². The minimum absolute atomic E-state index is 0.444. The van der Waals surface area contributed by atoms with Crippen molar-refractivity contribution in [3.63, 3.8) is 0 Å². The molecule has 0 aliphatic rings. The van der Waals surface area contributed by atoms with Crippen molar-refractivity contribution in [2.75, 3.05) is 20.1 Å². The lowest BCUT2D eigenvalue weighted by molar-refractivity contribution is 0.554. The maximum Gasteiger partial charge on any atom is 0.190 e. The average molecular weight is 327 g/mol. The highest BCUT2D eigenvalue weighted by Gasteiger charge is 2.06. The van der Waals surface area contributed by atoms with Crippen LogP contribution in [0.4, 0.5) is 0 Å². The normalized spacial score (nSPS) is 12.9. The second-order valence-electron chi connectivity index (χ2n) is 6.20. The van der Waals surface area contributed by atoms with E-state index in [0.29, 0.717) is 5.92 Å². The van der Waals surface area contributed by atoms with Crippen molar-refractivity contribution in [1.29, 1.82) is 0 Å². The van der Waals surface area contributed by atoms with Crippen LogP contribution in [0, 0.1) is 13.8 Å². The van der Waals surface area contributed by atoms with Crippen molar-refractivity contribution in [1.82, 2.24) is 20.4 Å². The van der Waals surface area contributed by atoms with Crippen molar-refractivity contribution in [3.05, 3.63) is 53.3 Å². The largest absolute Gasteiger partial charge is 0.356 e. The molecule has 0 aliphatic heterocycles. The van der Waals surface area contributed by atoms with Gasteiger partial charge in [-0.3, -0.25) is 9.67 Å². The van der Waals surface area contributed by atoms with Crippen molar-refractivity contribution in [2.45, 2.75) is 39.7 Å². The lowest BCUT2D eigenvalue weighted by Crippen LogP contribution is -2.39. The van der Waals surface area contributed by atoms with Gasteiger partial charge in [0.25, 0.3) is 0 Å². The van der Waals surface area contributed by atoms with E-state index in [4.69, 9.17) is 0 Å². The fourth-order valence-corrected chi connectivity index (χ4v) is 2.71. The predicted molar refractivity (Wildman–Crippen MR) is 101 cm³/mol. The SMILES string of the molecule is CN=C(NCCCn1nc(C)cc1C)NCC(C)c1ccccc1. The van der Waals surface area contributed by atoms with Gasteiger partial charge in [0.05, 0.1) is 5.69 Å². The number of hydrogen-bond donors (Lipinski definition) is 2. The predicted octanol–water partition coefficient (Wildman–Crippen LogP) is 2.86. The van der Waals surface area contributed by atoms with E-state index < -0.39 is 0 Å². The zero-order chi connectivity index (χ0) is 17.4. The van der Waals surface area contributed by atoms with E-state index in [0.717, 1.165) is 37.7 Å². The molecule has 2 N–H and O–H groups in total. The summed E-state index contributed by atoms with van der Waals surface area (Å²) in [6.07, 6.45) is 1.01. The van der Waals surface area contributed by atoms with Gasteiger partial charge < -0.3 is 10.6 Å². The van der Waals surface area contributed by atoms with Crippen LogP contribution in [0.1, 0.15) is 36.2 Å². The van der Waals surface area contributed by atoms with Gasteiger partial charge in [-0.15, -0.1) is 0 Å². The van der Waals surface area contributed by atoms with Crippen molar-refractivity contribution in [2.24, 2.45) is 4.99 Å². The first-order valence-electron chi connectivity index (χ1n) is 8.60. The maximum absolute atomic E-state index is 4.48. The summed E-state index contributed by atoms with van der Waals surface area (Å²) >= 11 is 0. The molecule has 0 amide bonds. The number of aliphatic imine (C=N–C) groups is 1. The Morgan fingerprint density at radius 3 is 2.58 bits per heavy atom. The summed E-state index contributed by atoms with van der Waals surface area (Å²) in [5, 5.41) is 11.3. The summed E-state index contributed by atoms with van der Waals surface area (Å²) < 4.78 is 2.06. The number of aryl methyl sites for hydroxylation is 3.